The van der Waals surface area contributed by atoms with Crippen LogP contribution in [0.3, 0.4) is 0 Å². The summed E-state index contributed by atoms with van der Waals surface area (Å²) in [7, 11) is 0. The Kier molecular flexibility index (Phi) is 4.39. The average molecular weight is 248 g/mol. The summed E-state index contributed by atoms with van der Waals surface area (Å²) >= 11 is 0. The Hall–Kier alpha value is -1.32. The van der Waals surface area contributed by atoms with Crippen molar-refractivity contribution in [1.82, 2.24) is 9.97 Å². The molecule has 0 aliphatic heterocycles. The maximum absolute atomic E-state index is 5.76. The fraction of sp³-hybridized carbons (Fsp3) is 0.714. The van der Waals surface area contributed by atoms with Crippen LogP contribution in [-0.4, -0.2) is 16.5 Å². The fourth-order valence-electron chi connectivity index (χ4n) is 2.65. The second kappa shape index (κ2) is 6.03. The van der Waals surface area contributed by atoms with Gasteiger partial charge in [-0.2, -0.15) is 0 Å². The molecule has 1 aliphatic carbocycles. The molecule has 0 radical (unpaired) electrons. The van der Waals surface area contributed by atoms with E-state index >= 15 is 0 Å². The largest absolute Gasteiger partial charge is 0.383 e. The van der Waals surface area contributed by atoms with Crippen LogP contribution < -0.4 is 11.1 Å². The molecule has 0 aromatic carbocycles. The van der Waals surface area contributed by atoms with Crippen molar-refractivity contribution >= 4 is 11.6 Å². The van der Waals surface area contributed by atoms with Crippen LogP contribution in [0.25, 0.3) is 0 Å². The van der Waals surface area contributed by atoms with Gasteiger partial charge < -0.3 is 11.1 Å². The topological polar surface area (TPSA) is 63.8 Å². The molecule has 0 saturated heterocycles. The van der Waals surface area contributed by atoms with Gasteiger partial charge >= 0.3 is 0 Å². The molecule has 1 aromatic heterocycles. The van der Waals surface area contributed by atoms with Crippen LogP contribution in [0.1, 0.15) is 44.6 Å². The van der Waals surface area contributed by atoms with Crippen molar-refractivity contribution in [2.24, 2.45) is 11.8 Å². The second-order valence-electron chi connectivity index (χ2n) is 5.57. The van der Waals surface area contributed by atoms with Gasteiger partial charge in [0.25, 0.3) is 0 Å². The van der Waals surface area contributed by atoms with Crippen molar-refractivity contribution in [1.29, 1.82) is 0 Å². The lowest BCUT2D eigenvalue weighted by atomic mass is 9.81. The average Bonchev–Trinajstić information content (AvgIpc) is 2.37. The summed E-state index contributed by atoms with van der Waals surface area (Å²) in [6.07, 6.45) is 8.30. The maximum atomic E-state index is 5.76. The normalized spacial score (nSPS) is 23.9. The van der Waals surface area contributed by atoms with Gasteiger partial charge in [0.1, 0.15) is 18.0 Å². The molecule has 4 heteroatoms. The molecule has 2 rings (SSSR count). The third-order valence-corrected chi connectivity index (χ3v) is 4.10. The molecular weight excluding hydrogens is 224 g/mol. The molecule has 4 nitrogen and oxygen atoms in total. The van der Waals surface area contributed by atoms with Crippen molar-refractivity contribution in [3.8, 4) is 0 Å². The summed E-state index contributed by atoms with van der Waals surface area (Å²) in [5, 5.41) is 3.38. The Labute approximate surface area is 109 Å². The highest BCUT2D eigenvalue weighted by atomic mass is 15.0. The van der Waals surface area contributed by atoms with Gasteiger partial charge in [-0.25, -0.2) is 9.97 Å². The lowest BCUT2D eigenvalue weighted by Gasteiger charge is -2.26. The van der Waals surface area contributed by atoms with E-state index in [2.05, 4.69) is 22.2 Å². The van der Waals surface area contributed by atoms with Gasteiger partial charge in [-0.3, -0.25) is 0 Å². The first-order valence-corrected chi connectivity index (χ1v) is 6.97. The number of rotatable bonds is 4. The van der Waals surface area contributed by atoms with Crippen molar-refractivity contribution in [3.05, 3.63) is 11.9 Å². The molecule has 0 unspecified atom stereocenters. The first-order valence-electron chi connectivity index (χ1n) is 6.97. The zero-order valence-corrected chi connectivity index (χ0v) is 11.4. The van der Waals surface area contributed by atoms with E-state index in [0.29, 0.717) is 5.82 Å². The first-order chi connectivity index (χ1) is 8.66. The number of nitrogens with two attached hydrogens (primary N) is 1. The van der Waals surface area contributed by atoms with E-state index in [1.807, 2.05) is 6.92 Å². The third kappa shape index (κ3) is 3.34. The van der Waals surface area contributed by atoms with Crippen LogP contribution >= 0.6 is 0 Å². The predicted molar refractivity (Wildman–Crippen MR) is 75.4 cm³/mol. The van der Waals surface area contributed by atoms with Gasteiger partial charge in [0.05, 0.1) is 0 Å². The smallest absolute Gasteiger partial charge is 0.134 e. The maximum Gasteiger partial charge on any atom is 0.134 e. The van der Waals surface area contributed by atoms with E-state index in [1.165, 1.54) is 38.4 Å². The number of nitrogens with zero attached hydrogens (tertiary/aromatic N) is 2. The summed E-state index contributed by atoms with van der Waals surface area (Å²) in [6, 6.07) is 0. The molecule has 1 aromatic rings. The van der Waals surface area contributed by atoms with E-state index in [4.69, 9.17) is 5.73 Å². The van der Waals surface area contributed by atoms with E-state index in [-0.39, 0.29) is 0 Å². The monoisotopic (exact) mass is 248 g/mol. The van der Waals surface area contributed by atoms with Crippen molar-refractivity contribution in [2.75, 3.05) is 17.6 Å². The Balaban J connectivity index is 1.77. The van der Waals surface area contributed by atoms with Crippen LogP contribution in [0.15, 0.2) is 6.33 Å². The van der Waals surface area contributed by atoms with Crippen molar-refractivity contribution < 1.29 is 0 Å². The Morgan fingerprint density at radius 3 is 2.72 bits per heavy atom. The summed E-state index contributed by atoms with van der Waals surface area (Å²) in [4.78, 5) is 8.20. The Morgan fingerprint density at radius 1 is 1.28 bits per heavy atom. The molecule has 1 saturated carbocycles. The molecule has 1 aliphatic rings. The van der Waals surface area contributed by atoms with Gasteiger partial charge in [-0.1, -0.05) is 32.6 Å². The molecule has 100 valence electrons. The summed E-state index contributed by atoms with van der Waals surface area (Å²) < 4.78 is 0. The van der Waals surface area contributed by atoms with Crippen LogP contribution in [0.4, 0.5) is 11.6 Å². The van der Waals surface area contributed by atoms with Gasteiger partial charge in [0.15, 0.2) is 0 Å². The van der Waals surface area contributed by atoms with Gasteiger partial charge in [0, 0.05) is 12.1 Å². The highest BCUT2D eigenvalue weighted by Gasteiger charge is 2.17. The Morgan fingerprint density at radius 2 is 2.00 bits per heavy atom. The molecule has 3 N–H and O–H groups in total. The lowest BCUT2D eigenvalue weighted by molar-refractivity contribution is 0.282. The summed E-state index contributed by atoms with van der Waals surface area (Å²) in [5.41, 5.74) is 6.71. The molecular formula is C14H24N4. The van der Waals surface area contributed by atoms with Crippen molar-refractivity contribution in [2.45, 2.75) is 46.0 Å². The van der Waals surface area contributed by atoms with Gasteiger partial charge in [-0.05, 0) is 25.2 Å². The Bertz CT molecular complexity index is 383. The van der Waals surface area contributed by atoms with Crippen LogP contribution in [0, 0.1) is 18.8 Å². The molecule has 1 heterocycles. The van der Waals surface area contributed by atoms with Crippen LogP contribution in [0.2, 0.25) is 0 Å². The van der Waals surface area contributed by atoms with E-state index in [1.54, 1.807) is 0 Å². The predicted octanol–water partition coefficient (Wildman–Crippen LogP) is 3.00. The molecule has 1 fully saturated rings. The molecule has 0 amide bonds. The highest BCUT2D eigenvalue weighted by molar-refractivity contribution is 5.53. The minimum Gasteiger partial charge on any atom is -0.383 e. The quantitative estimate of drug-likeness (QED) is 0.859. The highest BCUT2D eigenvalue weighted by Crippen LogP contribution is 2.30. The molecule has 0 bridgehead atoms. The number of aromatic nitrogens is 2. The van der Waals surface area contributed by atoms with Gasteiger partial charge in [0.2, 0.25) is 0 Å². The standard InChI is InChI=1S/C14H24N4/c1-10-3-5-12(6-4-10)7-8-16-14-11(2)13(15)17-9-18-14/h9-10,12H,3-8H2,1-2H3,(H3,15,16,17,18). The lowest BCUT2D eigenvalue weighted by Crippen LogP contribution is -2.16. The summed E-state index contributed by atoms with van der Waals surface area (Å²) in [5.74, 6) is 3.26. The first kappa shape index (κ1) is 13.1. The fourth-order valence-corrected chi connectivity index (χ4v) is 2.65. The minimum atomic E-state index is 0.569. The zero-order chi connectivity index (χ0) is 13.0. The van der Waals surface area contributed by atoms with E-state index in [0.717, 1.165) is 29.8 Å². The van der Waals surface area contributed by atoms with Gasteiger partial charge in [-0.15, -0.1) is 0 Å². The third-order valence-electron chi connectivity index (χ3n) is 4.10. The molecule has 0 spiro atoms. The van der Waals surface area contributed by atoms with Crippen LogP contribution in [0.5, 0.6) is 0 Å². The molecule has 18 heavy (non-hydrogen) atoms. The SMILES string of the molecule is Cc1c(N)ncnc1NCCC1CCC(C)CC1. The number of nitrogen functional groups attached to an aromatic ring is 1. The zero-order valence-electron chi connectivity index (χ0n) is 11.4. The number of hydrogen-bond acceptors (Lipinski definition) is 4. The van der Waals surface area contributed by atoms with E-state index in [9.17, 15) is 0 Å². The van der Waals surface area contributed by atoms with Crippen molar-refractivity contribution in [3.63, 3.8) is 0 Å². The second-order valence-corrected chi connectivity index (χ2v) is 5.57. The van der Waals surface area contributed by atoms with Crippen LogP contribution in [-0.2, 0) is 0 Å². The number of hydrogen-bond donors (Lipinski definition) is 2. The summed E-state index contributed by atoms with van der Waals surface area (Å²) in [6.45, 7) is 5.30. The number of anilines is 2. The number of nitrogens with one attached hydrogen (secondary N) is 1. The molecule has 0 atom stereocenters. The minimum absolute atomic E-state index is 0.569. The van der Waals surface area contributed by atoms with E-state index < -0.39 is 0 Å².